The Bertz CT molecular complexity index is 908. The Morgan fingerprint density at radius 1 is 0.582 bits per heavy atom. The fraction of sp³-hybridized carbons (Fsp3) is 0.955. The van der Waals surface area contributed by atoms with E-state index in [-0.39, 0.29) is 18.9 Å². The largest absolute Gasteiger partial charge is 0.394 e. The van der Waals surface area contributed by atoms with Crippen LogP contribution in [0.25, 0.3) is 0 Å². The first-order valence-electron chi connectivity index (χ1n) is 22.7. The maximum atomic E-state index is 13.0. The second kappa shape index (κ2) is 34.8. The first-order chi connectivity index (χ1) is 26.7. The lowest BCUT2D eigenvalue weighted by atomic mass is 9.98. The lowest BCUT2D eigenvalue weighted by Gasteiger charge is -2.40. The van der Waals surface area contributed by atoms with Crippen molar-refractivity contribution in [3.63, 3.8) is 0 Å². The van der Waals surface area contributed by atoms with Gasteiger partial charge < -0.3 is 45.4 Å². The molecule has 0 unspecified atom stereocenters. The molecule has 8 atom stereocenters. The van der Waals surface area contributed by atoms with Crippen molar-refractivity contribution in [1.29, 1.82) is 0 Å². The van der Waals surface area contributed by atoms with Gasteiger partial charge in [0.05, 0.1) is 25.4 Å². The lowest BCUT2D eigenvalue weighted by molar-refractivity contribution is -0.303. The Labute approximate surface area is 334 Å². The highest BCUT2D eigenvalue weighted by molar-refractivity contribution is 5.78. The van der Waals surface area contributed by atoms with Gasteiger partial charge in [0.15, 0.2) is 6.29 Å². The fourth-order valence-corrected chi connectivity index (χ4v) is 7.44. The number of ether oxygens (including phenoxy) is 2. The number of carbonyl (C=O) groups excluding carboxylic acids is 2. The fourth-order valence-electron chi connectivity index (χ4n) is 7.44. The maximum absolute atomic E-state index is 13.0. The van der Waals surface area contributed by atoms with E-state index in [0.717, 1.165) is 89.9 Å². The molecule has 1 aliphatic heterocycles. The Kier molecular flexibility index (Phi) is 32.8. The summed E-state index contributed by atoms with van der Waals surface area (Å²) in [6, 6.07) is -1.00. The molecule has 0 aromatic carbocycles. The van der Waals surface area contributed by atoms with E-state index in [1.54, 1.807) is 0 Å². The summed E-state index contributed by atoms with van der Waals surface area (Å²) in [5, 5.41) is 65.0. The van der Waals surface area contributed by atoms with Crippen molar-refractivity contribution in [1.82, 2.24) is 5.32 Å². The van der Waals surface area contributed by atoms with Crippen molar-refractivity contribution in [2.24, 2.45) is 0 Å². The van der Waals surface area contributed by atoms with Crippen LogP contribution in [-0.2, 0) is 19.1 Å². The van der Waals surface area contributed by atoms with Crippen LogP contribution in [-0.4, -0.2) is 104 Å². The molecular formula is C44H85NO10. The predicted octanol–water partition coefficient (Wildman–Crippen LogP) is 7.32. The quantitative estimate of drug-likeness (QED) is 0.0313. The van der Waals surface area contributed by atoms with E-state index < -0.39 is 55.6 Å². The Morgan fingerprint density at radius 2 is 1.00 bits per heavy atom. The van der Waals surface area contributed by atoms with Crippen LogP contribution in [0, 0.1) is 0 Å². The molecule has 0 spiro atoms. The van der Waals surface area contributed by atoms with Gasteiger partial charge in [-0.3, -0.25) is 9.59 Å². The molecular weight excluding hydrogens is 702 g/mol. The van der Waals surface area contributed by atoms with E-state index >= 15 is 0 Å². The van der Waals surface area contributed by atoms with Gasteiger partial charge in [0.25, 0.3) is 0 Å². The van der Waals surface area contributed by atoms with Crippen LogP contribution < -0.4 is 5.32 Å². The van der Waals surface area contributed by atoms with E-state index in [1.807, 2.05) is 0 Å². The number of carbonyl (C=O) groups is 2. The summed E-state index contributed by atoms with van der Waals surface area (Å²) in [5.74, 6) is 0.138. The number of aliphatic hydroxyl groups is 6. The molecule has 1 saturated heterocycles. The highest BCUT2D eigenvalue weighted by Crippen LogP contribution is 2.23. The molecule has 1 heterocycles. The highest BCUT2D eigenvalue weighted by Gasteiger charge is 2.44. The summed E-state index contributed by atoms with van der Waals surface area (Å²) in [6.45, 7) is 3.49. The second-order valence-corrected chi connectivity index (χ2v) is 16.3. The molecule has 7 N–H and O–H groups in total. The molecule has 0 aromatic heterocycles. The Morgan fingerprint density at radius 3 is 1.47 bits per heavy atom. The minimum Gasteiger partial charge on any atom is -0.394 e. The van der Waals surface area contributed by atoms with Crippen molar-refractivity contribution >= 4 is 11.7 Å². The molecule has 11 heteroatoms. The molecule has 1 amide bonds. The van der Waals surface area contributed by atoms with Crippen LogP contribution >= 0.6 is 0 Å². The Hall–Kier alpha value is -1.18. The van der Waals surface area contributed by atoms with E-state index in [2.05, 4.69) is 19.2 Å². The number of aliphatic hydroxyl groups excluding tert-OH is 6. The van der Waals surface area contributed by atoms with Gasteiger partial charge in [-0.1, -0.05) is 162 Å². The number of nitrogens with one attached hydrogen (secondary N) is 1. The van der Waals surface area contributed by atoms with Crippen molar-refractivity contribution in [3.05, 3.63) is 0 Å². The summed E-state index contributed by atoms with van der Waals surface area (Å²) >= 11 is 0. The van der Waals surface area contributed by atoms with E-state index in [1.165, 1.54) is 83.5 Å². The third kappa shape index (κ3) is 25.7. The molecule has 0 aromatic rings. The minimum atomic E-state index is -1.61. The number of ketones is 1. The predicted molar refractivity (Wildman–Crippen MR) is 219 cm³/mol. The molecule has 326 valence electrons. The monoisotopic (exact) mass is 788 g/mol. The summed E-state index contributed by atoms with van der Waals surface area (Å²) in [4.78, 5) is 25.0. The minimum absolute atomic E-state index is 0.259. The third-order valence-corrected chi connectivity index (χ3v) is 11.2. The van der Waals surface area contributed by atoms with Crippen LogP contribution in [0.3, 0.4) is 0 Å². The van der Waals surface area contributed by atoms with Gasteiger partial charge in [-0.25, -0.2) is 0 Å². The van der Waals surface area contributed by atoms with Gasteiger partial charge in [0.2, 0.25) is 5.91 Å². The van der Waals surface area contributed by atoms with Crippen LogP contribution in [0.2, 0.25) is 0 Å². The summed E-state index contributed by atoms with van der Waals surface area (Å²) in [6.07, 6.45) is 21.8. The van der Waals surface area contributed by atoms with Crippen LogP contribution in [0.15, 0.2) is 0 Å². The highest BCUT2D eigenvalue weighted by atomic mass is 16.7. The van der Waals surface area contributed by atoms with Gasteiger partial charge in [-0.15, -0.1) is 0 Å². The number of unbranched alkanes of at least 4 members (excludes halogenated alkanes) is 23. The van der Waals surface area contributed by atoms with Gasteiger partial charge >= 0.3 is 0 Å². The molecule has 1 fully saturated rings. The van der Waals surface area contributed by atoms with Gasteiger partial charge in [-0.05, 0) is 25.7 Å². The average molecular weight is 788 g/mol. The van der Waals surface area contributed by atoms with E-state index in [0.29, 0.717) is 18.6 Å². The van der Waals surface area contributed by atoms with E-state index in [4.69, 9.17) is 9.47 Å². The van der Waals surface area contributed by atoms with Crippen LogP contribution in [0.5, 0.6) is 0 Å². The van der Waals surface area contributed by atoms with Crippen LogP contribution in [0.1, 0.15) is 206 Å². The SMILES string of the molecule is CCCCCCCCCCCCCC[C@@H](O)[C@@H](O)[C@H](CO[C@H]1O[C@H](CO)[C@H](O)[C@H](O)[C@H]1O)NC(=O)CCCCCCCCCCCCC(=O)CCCCCC. The molecule has 0 bridgehead atoms. The molecule has 55 heavy (non-hydrogen) atoms. The molecule has 1 aliphatic rings. The Balaban J connectivity index is 2.39. The number of hydrogen-bond acceptors (Lipinski definition) is 10. The van der Waals surface area contributed by atoms with E-state index in [9.17, 15) is 40.2 Å². The zero-order valence-corrected chi connectivity index (χ0v) is 35.1. The smallest absolute Gasteiger partial charge is 0.220 e. The number of hydrogen-bond donors (Lipinski definition) is 7. The molecule has 1 rings (SSSR count). The number of amides is 1. The molecule has 0 radical (unpaired) electrons. The topological polar surface area (TPSA) is 186 Å². The molecule has 11 nitrogen and oxygen atoms in total. The molecule has 0 aliphatic carbocycles. The average Bonchev–Trinajstić information content (AvgIpc) is 3.18. The maximum Gasteiger partial charge on any atom is 0.220 e. The number of rotatable bonds is 38. The van der Waals surface area contributed by atoms with Crippen molar-refractivity contribution in [3.8, 4) is 0 Å². The first kappa shape index (κ1) is 51.8. The zero-order chi connectivity index (χ0) is 40.5. The zero-order valence-electron chi connectivity index (χ0n) is 35.1. The van der Waals surface area contributed by atoms with Crippen molar-refractivity contribution in [2.45, 2.75) is 255 Å². The van der Waals surface area contributed by atoms with Crippen molar-refractivity contribution < 1.29 is 49.7 Å². The summed E-state index contributed by atoms with van der Waals surface area (Å²) < 4.78 is 11.1. The first-order valence-corrected chi connectivity index (χ1v) is 22.7. The van der Waals surface area contributed by atoms with Crippen molar-refractivity contribution in [2.75, 3.05) is 13.2 Å². The van der Waals surface area contributed by atoms with Gasteiger partial charge in [0, 0.05) is 19.3 Å². The van der Waals surface area contributed by atoms with Gasteiger partial charge in [-0.2, -0.15) is 0 Å². The normalized spacial score (nSPS) is 21.7. The lowest BCUT2D eigenvalue weighted by Crippen LogP contribution is -2.60. The van der Waals surface area contributed by atoms with Gasteiger partial charge in [0.1, 0.15) is 36.3 Å². The standard InChI is InChI=1S/C44H85NO10/c1-3-5-7-9-10-11-12-13-17-20-23-27-31-37(48)40(50)36(34-54-44-43(53)42(52)41(51)38(33-46)55-44)45-39(49)32-28-24-21-18-15-14-16-19-22-26-30-35(47)29-25-8-6-4-2/h36-38,40-44,46,48,50-53H,3-34H2,1-2H3,(H,45,49)/t36-,37+,38+,40-,41-,42-,43+,44-/m0/s1. The summed E-state index contributed by atoms with van der Waals surface area (Å²) in [5.41, 5.74) is 0. The van der Waals surface area contributed by atoms with Crippen LogP contribution in [0.4, 0.5) is 0 Å². The second-order valence-electron chi connectivity index (χ2n) is 16.3. The molecule has 0 saturated carbocycles. The third-order valence-electron chi connectivity index (χ3n) is 11.2. The number of Topliss-reactive ketones (excluding diaryl/α,β-unsaturated/α-hetero) is 1. The summed E-state index contributed by atoms with van der Waals surface area (Å²) in [7, 11) is 0.